The number of esters is 1. The van der Waals surface area contributed by atoms with Gasteiger partial charge >= 0.3 is 5.97 Å². The summed E-state index contributed by atoms with van der Waals surface area (Å²) in [6, 6.07) is 19.2. The van der Waals surface area contributed by atoms with E-state index < -0.39 is 49.6 Å². The first kappa shape index (κ1) is 35.6. The van der Waals surface area contributed by atoms with Gasteiger partial charge in [0.2, 0.25) is 10.0 Å². The van der Waals surface area contributed by atoms with Gasteiger partial charge in [-0.25, -0.2) is 25.9 Å². The summed E-state index contributed by atoms with van der Waals surface area (Å²) in [5.41, 5.74) is 0.0838. The molecule has 1 fully saturated rings. The summed E-state index contributed by atoms with van der Waals surface area (Å²) >= 11 is 12.5. The molecule has 2 unspecified atom stereocenters. The number of aromatic nitrogens is 1. The summed E-state index contributed by atoms with van der Waals surface area (Å²) in [5.74, 6) is -1.43. The predicted octanol–water partition coefficient (Wildman–Crippen LogP) is 4.59. The molecule has 3 heterocycles. The Morgan fingerprint density at radius 3 is 1.94 bits per heavy atom. The number of hydrogen-bond acceptors (Lipinski definition) is 8. The van der Waals surface area contributed by atoms with Gasteiger partial charge in [-0.2, -0.15) is 4.31 Å². The van der Waals surface area contributed by atoms with E-state index in [0.29, 0.717) is 21.2 Å². The van der Waals surface area contributed by atoms with Crippen molar-refractivity contribution in [1.29, 1.82) is 0 Å². The molecule has 6 rings (SSSR count). The quantitative estimate of drug-likeness (QED) is 0.238. The van der Waals surface area contributed by atoms with Gasteiger partial charge in [-0.15, -0.1) is 0 Å². The zero-order valence-corrected chi connectivity index (χ0v) is 30.0. The summed E-state index contributed by atoms with van der Waals surface area (Å²) in [7, 11) is -6.79. The van der Waals surface area contributed by atoms with Crippen LogP contribution in [0.3, 0.4) is 0 Å². The van der Waals surface area contributed by atoms with E-state index in [-0.39, 0.29) is 53.8 Å². The van der Waals surface area contributed by atoms with Crippen LogP contribution in [0.2, 0.25) is 10.0 Å². The number of pyridine rings is 1. The smallest absolute Gasteiger partial charge is 0.337 e. The maximum atomic E-state index is 14.7. The van der Waals surface area contributed by atoms with Crippen LogP contribution in [0, 0.1) is 0 Å². The van der Waals surface area contributed by atoms with E-state index in [1.54, 1.807) is 55.5 Å². The van der Waals surface area contributed by atoms with Crippen molar-refractivity contribution in [3.8, 4) is 0 Å². The molecule has 50 heavy (non-hydrogen) atoms. The predicted molar refractivity (Wildman–Crippen MR) is 189 cm³/mol. The second-order valence-electron chi connectivity index (χ2n) is 11.7. The molecule has 0 bridgehead atoms. The van der Waals surface area contributed by atoms with Crippen LogP contribution in [0.15, 0.2) is 94.6 Å². The number of methoxy groups -OCH3 is 1. The van der Waals surface area contributed by atoms with Crippen molar-refractivity contribution in [3.63, 3.8) is 0 Å². The van der Waals surface area contributed by atoms with Crippen LogP contribution in [-0.2, 0) is 24.8 Å². The number of ether oxygens (including phenoxy) is 1. The fourth-order valence-electron chi connectivity index (χ4n) is 6.35. The number of halogens is 2. The average Bonchev–Trinajstić information content (AvgIpc) is 3.48. The summed E-state index contributed by atoms with van der Waals surface area (Å²) in [6.07, 6.45) is 0. The molecule has 0 N–H and O–H groups in total. The first-order valence-electron chi connectivity index (χ1n) is 15.5. The summed E-state index contributed by atoms with van der Waals surface area (Å²) in [4.78, 5) is 42.0. The van der Waals surface area contributed by atoms with Gasteiger partial charge in [-0.1, -0.05) is 53.5 Å². The minimum Gasteiger partial charge on any atom is -0.465 e. The van der Waals surface area contributed by atoms with E-state index in [1.165, 1.54) is 57.3 Å². The van der Waals surface area contributed by atoms with Crippen molar-refractivity contribution in [2.75, 3.05) is 43.3 Å². The maximum Gasteiger partial charge on any atom is 0.337 e. The van der Waals surface area contributed by atoms with E-state index in [0.717, 1.165) is 4.31 Å². The molecule has 0 radical (unpaired) electrons. The van der Waals surface area contributed by atoms with Crippen LogP contribution in [0.25, 0.3) is 0 Å². The van der Waals surface area contributed by atoms with E-state index in [9.17, 15) is 31.2 Å². The van der Waals surface area contributed by atoms with Gasteiger partial charge in [-0.05, 0) is 72.6 Å². The Labute approximate surface area is 299 Å². The normalized spacial score (nSPS) is 18.2. The van der Waals surface area contributed by atoms with Crippen LogP contribution < -0.4 is 9.86 Å². The number of nitrogens with zero attached hydrogens (tertiary/aromatic N) is 4. The van der Waals surface area contributed by atoms with E-state index >= 15 is 0 Å². The molecule has 2 aliphatic rings. The topological polar surface area (TPSA) is 143 Å². The third kappa shape index (κ3) is 6.42. The van der Waals surface area contributed by atoms with E-state index in [2.05, 4.69) is 0 Å². The molecule has 262 valence electrons. The Morgan fingerprint density at radius 2 is 1.38 bits per heavy atom. The second kappa shape index (κ2) is 13.8. The van der Waals surface area contributed by atoms with Gasteiger partial charge in [0.15, 0.2) is 0 Å². The minimum absolute atomic E-state index is 0.00948. The minimum atomic E-state index is -4.52. The van der Waals surface area contributed by atoms with Gasteiger partial charge in [0.1, 0.15) is 11.4 Å². The van der Waals surface area contributed by atoms with Crippen LogP contribution in [0.1, 0.15) is 50.9 Å². The van der Waals surface area contributed by atoms with Crippen molar-refractivity contribution in [2.24, 2.45) is 0 Å². The van der Waals surface area contributed by atoms with Crippen molar-refractivity contribution in [2.45, 2.75) is 23.9 Å². The van der Waals surface area contributed by atoms with E-state index in [4.69, 9.17) is 27.9 Å². The molecule has 0 aliphatic carbocycles. The number of benzene rings is 3. The third-order valence-corrected chi connectivity index (χ3v) is 13.1. The summed E-state index contributed by atoms with van der Waals surface area (Å²) in [5, 5.41) is 0.823. The number of rotatable bonds is 8. The number of amides is 1. The summed E-state index contributed by atoms with van der Waals surface area (Å²) < 4.78 is 62.8. The lowest BCUT2D eigenvalue weighted by atomic mass is 9.94. The van der Waals surface area contributed by atoms with Crippen LogP contribution >= 0.6 is 23.2 Å². The van der Waals surface area contributed by atoms with Crippen molar-refractivity contribution >= 4 is 60.9 Å². The van der Waals surface area contributed by atoms with Crippen molar-refractivity contribution in [1.82, 2.24) is 13.8 Å². The fourth-order valence-corrected chi connectivity index (χ4v) is 9.37. The number of piperazine rings is 1. The number of carbonyl (C=O) groups excluding carboxylic acids is 2. The number of fused-ring (bicyclic) bond motifs is 1. The zero-order chi connectivity index (χ0) is 36.0. The lowest BCUT2D eigenvalue weighted by Crippen LogP contribution is -2.51. The fraction of sp³-hybridized carbons (Fsp3) is 0.265. The monoisotopic (exact) mass is 758 g/mol. The van der Waals surface area contributed by atoms with Gasteiger partial charge in [0.25, 0.3) is 21.5 Å². The molecule has 1 aromatic heterocycles. The summed E-state index contributed by atoms with van der Waals surface area (Å²) in [6.45, 7) is 1.86. The molecule has 2 atom stereocenters. The molecule has 0 saturated carbocycles. The first-order chi connectivity index (χ1) is 23.8. The van der Waals surface area contributed by atoms with Crippen LogP contribution in [-0.4, -0.2) is 81.5 Å². The van der Waals surface area contributed by atoms with Crippen LogP contribution in [0.4, 0.5) is 5.82 Å². The lowest BCUT2D eigenvalue weighted by Gasteiger charge is -2.33. The second-order valence-corrected chi connectivity index (χ2v) is 16.6. The SMILES string of the molecule is CCS(=O)(=O)N1CCN(C(=O)c2ccc3n(c2=O)C(c2ccc(Cl)cc2)C(c2ccc(Cl)cc2)N3S(=O)(=O)c2cccc(C(=O)OC)c2)CC1. The number of carbonyl (C=O) groups is 2. The zero-order valence-electron chi connectivity index (χ0n) is 26.9. The van der Waals surface area contributed by atoms with Gasteiger partial charge < -0.3 is 9.64 Å². The molecule has 16 heteroatoms. The highest BCUT2D eigenvalue weighted by atomic mass is 35.5. The largest absolute Gasteiger partial charge is 0.465 e. The molecule has 0 spiro atoms. The highest BCUT2D eigenvalue weighted by Gasteiger charge is 2.48. The molecule has 12 nitrogen and oxygen atoms in total. The van der Waals surface area contributed by atoms with Gasteiger partial charge in [0.05, 0.1) is 35.4 Å². The Bertz CT molecular complexity index is 2240. The molecule has 2 aliphatic heterocycles. The number of anilines is 1. The molecule has 4 aromatic rings. The molecule has 3 aromatic carbocycles. The number of sulfonamides is 2. The van der Waals surface area contributed by atoms with Crippen molar-refractivity contribution in [3.05, 3.63) is 128 Å². The Hall–Kier alpha value is -4.21. The standard InChI is InChI=1S/C34H32Cl2N4O8S2/c1-3-49(44,45)38-19-17-37(18-20-38)32(41)28-15-16-29-39(33(28)42)30(22-7-11-25(35)12-8-22)31(23-9-13-26(36)14-10-23)40(29)50(46,47)27-6-4-5-24(21-27)34(43)48-2/h4-16,21,30-31H,3,17-20H2,1-2H3. The Kier molecular flexibility index (Phi) is 9.85. The van der Waals surface area contributed by atoms with Crippen molar-refractivity contribution < 1.29 is 31.2 Å². The molecular formula is C34H32Cl2N4O8S2. The first-order valence-corrected chi connectivity index (χ1v) is 19.4. The molecule has 1 amide bonds. The Balaban J connectivity index is 1.53. The molecule has 1 saturated heterocycles. The van der Waals surface area contributed by atoms with Gasteiger partial charge in [0, 0.05) is 36.2 Å². The third-order valence-electron chi connectivity index (χ3n) is 8.90. The Morgan fingerprint density at radius 1 is 0.800 bits per heavy atom. The number of hydrogen-bond donors (Lipinski definition) is 0. The maximum absolute atomic E-state index is 14.7. The van der Waals surface area contributed by atoms with E-state index in [1.807, 2.05) is 0 Å². The highest BCUT2D eigenvalue weighted by molar-refractivity contribution is 7.92. The molecular weight excluding hydrogens is 727 g/mol. The van der Waals surface area contributed by atoms with Gasteiger partial charge in [-0.3, -0.25) is 14.2 Å². The average molecular weight is 760 g/mol. The lowest BCUT2D eigenvalue weighted by molar-refractivity contribution is 0.0600. The highest BCUT2D eigenvalue weighted by Crippen LogP contribution is 2.49. The van der Waals surface area contributed by atoms with Crippen LogP contribution in [0.5, 0.6) is 0 Å².